The lowest BCUT2D eigenvalue weighted by Crippen LogP contribution is -2.69. The van der Waals surface area contributed by atoms with Gasteiger partial charge in [-0.3, -0.25) is 0 Å². The van der Waals surface area contributed by atoms with Crippen LogP contribution < -0.4 is 9.47 Å². The summed E-state index contributed by atoms with van der Waals surface area (Å²) in [4.78, 5) is 21.4. The first-order valence-electron chi connectivity index (χ1n) is 20.8. The zero-order valence-electron chi connectivity index (χ0n) is 33.4. The monoisotopic (exact) mass is 782 g/mol. The summed E-state index contributed by atoms with van der Waals surface area (Å²) in [5.41, 5.74) is 2.67. The summed E-state index contributed by atoms with van der Waals surface area (Å²) >= 11 is 0. The standard InChI is InChI=1S/C46H58N2O9/c1-4-25-54-46-41(48(3)45(51)52-5-2)30-39(47-57-42-18-10-13-26-53-42)37-28-33(16-8-11-23-49)36(17-9-12-24-50)43(44(37)46)38-29-35(21-22-40(38)56-46)55-34-20-19-31-14-6-7-15-32(31)27-34/h4,6-7,14-15,19-22,27-29,33,36,41-44,49-50H,1,5,8-13,16-18,23-26,30H2,2-3H3. The molecule has 2 aliphatic carbocycles. The molecule has 0 spiro atoms. The average molecular weight is 783 g/mol. The van der Waals surface area contributed by atoms with Gasteiger partial charge in [-0.05, 0) is 104 Å². The van der Waals surface area contributed by atoms with E-state index in [1.807, 2.05) is 36.4 Å². The van der Waals surface area contributed by atoms with Crippen LogP contribution in [0.3, 0.4) is 0 Å². The van der Waals surface area contributed by atoms with Gasteiger partial charge >= 0.3 is 6.09 Å². The van der Waals surface area contributed by atoms with Gasteiger partial charge in [0.1, 0.15) is 23.3 Å². The van der Waals surface area contributed by atoms with Crippen LogP contribution in [0, 0.1) is 17.8 Å². The molecule has 2 heterocycles. The molecule has 1 saturated carbocycles. The number of carbonyl (C=O) groups excluding carboxylic acids is 1. The Balaban J connectivity index is 1.40. The Kier molecular flexibility index (Phi) is 13.5. The Labute approximate surface area is 336 Å². The van der Waals surface area contributed by atoms with Gasteiger partial charge in [-0.25, -0.2) is 4.79 Å². The fourth-order valence-electron chi connectivity index (χ4n) is 9.43. The molecule has 0 aromatic heterocycles. The van der Waals surface area contributed by atoms with Crippen LogP contribution in [0.1, 0.15) is 82.6 Å². The average Bonchev–Trinajstić information content (AvgIpc) is 3.23. The van der Waals surface area contributed by atoms with Crippen molar-refractivity contribution in [1.29, 1.82) is 0 Å². The summed E-state index contributed by atoms with van der Waals surface area (Å²) in [5, 5.41) is 26.9. The summed E-state index contributed by atoms with van der Waals surface area (Å²) < 4.78 is 32.3. The minimum absolute atomic E-state index is 0.0877. The lowest BCUT2D eigenvalue weighted by atomic mass is 9.55. The van der Waals surface area contributed by atoms with Crippen LogP contribution in [0.25, 0.3) is 10.8 Å². The summed E-state index contributed by atoms with van der Waals surface area (Å²) in [5.74, 6) is 0.293. The molecule has 306 valence electrons. The van der Waals surface area contributed by atoms with Crippen LogP contribution in [-0.4, -0.2) is 85.1 Å². The molecule has 1 amide bonds. The van der Waals surface area contributed by atoms with Gasteiger partial charge in [-0.1, -0.05) is 60.5 Å². The van der Waals surface area contributed by atoms with Crippen LogP contribution in [-0.2, 0) is 19.0 Å². The Morgan fingerprint density at radius 2 is 1.77 bits per heavy atom. The summed E-state index contributed by atoms with van der Waals surface area (Å²) in [7, 11) is 1.73. The largest absolute Gasteiger partial charge is 0.459 e. The first-order chi connectivity index (χ1) is 27.9. The van der Waals surface area contributed by atoms with E-state index in [0.29, 0.717) is 30.9 Å². The second-order valence-electron chi connectivity index (χ2n) is 15.6. The summed E-state index contributed by atoms with van der Waals surface area (Å²) in [6.45, 7) is 7.02. The molecule has 11 heteroatoms. The zero-order chi connectivity index (χ0) is 39.8. The molecule has 2 aliphatic heterocycles. The quantitative estimate of drug-likeness (QED) is 0.0784. The lowest BCUT2D eigenvalue weighted by molar-refractivity contribution is -0.254. The highest BCUT2D eigenvalue weighted by Gasteiger charge is 2.65. The Hall–Kier alpha value is -4.42. The number of fused-ring (bicyclic) bond motifs is 3. The van der Waals surface area contributed by atoms with E-state index in [0.717, 1.165) is 78.3 Å². The van der Waals surface area contributed by atoms with E-state index in [1.54, 1.807) is 24.9 Å². The molecule has 2 N–H and O–H groups in total. The highest BCUT2D eigenvalue weighted by molar-refractivity contribution is 6.03. The molecule has 7 atom stereocenters. The summed E-state index contributed by atoms with van der Waals surface area (Å²) in [6, 6.07) is 19.6. The van der Waals surface area contributed by atoms with Gasteiger partial charge in [0.2, 0.25) is 12.1 Å². The number of oxime groups is 1. The molecule has 57 heavy (non-hydrogen) atoms. The summed E-state index contributed by atoms with van der Waals surface area (Å²) in [6.07, 6.45) is 10.8. The molecule has 3 aromatic rings. The molecule has 0 bridgehead atoms. The minimum Gasteiger partial charge on any atom is -0.459 e. The number of ether oxygens (including phenoxy) is 5. The van der Waals surface area contributed by atoms with Crippen LogP contribution >= 0.6 is 0 Å². The van der Waals surface area contributed by atoms with E-state index in [9.17, 15) is 15.0 Å². The first-order valence-corrected chi connectivity index (χ1v) is 20.8. The predicted molar refractivity (Wildman–Crippen MR) is 218 cm³/mol. The predicted octanol–water partition coefficient (Wildman–Crippen LogP) is 8.88. The van der Waals surface area contributed by atoms with Crippen molar-refractivity contribution >= 4 is 22.6 Å². The number of carbonyl (C=O) groups is 1. The van der Waals surface area contributed by atoms with Crippen LogP contribution in [0.4, 0.5) is 4.79 Å². The second kappa shape index (κ2) is 18.9. The Morgan fingerprint density at radius 1 is 1.00 bits per heavy atom. The van der Waals surface area contributed by atoms with E-state index in [-0.39, 0.29) is 50.6 Å². The topological polar surface area (TPSA) is 129 Å². The van der Waals surface area contributed by atoms with Gasteiger partial charge in [0.05, 0.1) is 31.5 Å². The Bertz CT molecular complexity index is 1910. The van der Waals surface area contributed by atoms with Crippen molar-refractivity contribution < 1.29 is 43.5 Å². The molecular formula is C46H58N2O9. The van der Waals surface area contributed by atoms with Gasteiger partial charge in [0.25, 0.3) is 0 Å². The van der Waals surface area contributed by atoms with Gasteiger partial charge in [0.15, 0.2) is 0 Å². The zero-order valence-corrected chi connectivity index (χ0v) is 33.4. The fourth-order valence-corrected chi connectivity index (χ4v) is 9.43. The lowest BCUT2D eigenvalue weighted by Gasteiger charge is -2.59. The molecule has 0 radical (unpaired) electrons. The van der Waals surface area contributed by atoms with Crippen LogP contribution in [0.2, 0.25) is 0 Å². The minimum atomic E-state index is -1.36. The third-order valence-corrected chi connectivity index (χ3v) is 12.0. The van der Waals surface area contributed by atoms with E-state index >= 15 is 0 Å². The Morgan fingerprint density at radius 3 is 2.53 bits per heavy atom. The highest BCUT2D eigenvalue weighted by atomic mass is 16.8. The number of benzene rings is 3. The molecule has 11 nitrogen and oxygen atoms in total. The normalized spacial score (nSPS) is 27.1. The number of likely N-dealkylation sites (N-methyl/N-ethyl adjacent to an activating group) is 1. The van der Waals surface area contributed by atoms with E-state index in [1.165, 1.54) is 0 Å². The third-order valence-electron chi connectivity index (χ3n) is 12.0. The van der Waals surface area contributed by atoms with Crippen molar-refractivity contribution in [2.24, 2.45) is 22.9 Å². The number of rotatable bonds is 17. The third kappa shape index (κ3) is 8.72. The SMILES string of the molecule is C=CCOC12Oc3ccc(Oc4ccc5ccccc5c4)cc3C3C(CCCCO)C(CCCCO)C=C(C(=NOC4CCCCO4)CC1N(C)C(=O)OCC)C32. The maximum Gasteiger partial charge on any atom is 0.409 e. The van der Waals surface area contributed by atoms with Gasteiger partial charge in [-0.15, -0.1) is 6.58 Å². The maximum atomic E-state index is 13.7. The molecule has 2 fully saturated rings. The van der Waals surface area contributed by atoms with Gasteiger partial charge < -0.3 is 43.6 Å². The molecular weight excluding hydrogens is 725 g/mol. The molecule has 4 aliphatic rings. The number of aliphatic hydroxyl groups is 2. The van der Waals surface area contributed by atoms with Gasteiger partial charge in [0, 0.05) is 44.6 Å². The van der Waals surface area contributed by atoms with Crippen molar-refractivity contribution in [1.82, 2.24) is 4.90 Å². The van der Waals surface area contributed by atoms with E-state index in [2.05, 4.69) is 36.9 Å². The second-order valence-corrected chi connectivity index (χ2v) is 15.6. The number of allylic oxidation sites excluding steroid dienone is 1. The van der Waals surface area contributed by atoms with Crippen molar-refractivity contribution in [2.45, 2.75) is 95.2 Å². The number of unbranched alkanes of at least 4 members (excludes halogenated alkanes) is 2. The van der Waals surface area contributed by atoms with Crippen molar-refractivity contribution in [3.63, 3.8) is 0 Å². The van der Waals surface area contributed by atoms with Crippen LogP contribution in [0.5, 0.6) is 17.2 Å². The van der Waals surface area contributed by atoms with Crippen LogP contribution in [0.15, 0.2) is 90.1 Å². The van der Waals surface area contributed by atoms with E-state index < -0.39 is 30.1 Å². The van der Waals surface area contributed by atoms with Crippen molar-refractivity contribution in [3.05, 3.63) is 90.5 Å². The number of nitrogens with zero attached hydrogens (tertiary/aromatic N) is 2. The van der Waals surface area contributed by atoms with E-state index in [4.69, 9.17) is 33.7 Å². The number of hydrogen-bond acceptors (Lipinski definition) is 10. The smallest absolute Gasteiger partial charge is 0.409 e. The maximum absolute atomic E-state index is 13.7. The van der Waals surface area contributed by atoms with Crippen molar-refractivity contribution in [2.75, 3.05) is 40.1 Å². The fraction of sp³-hybridized carbons (Fsp3) is 0.522. The number of amides is 1. The van der Waals surface area contributed by atoms with Gasteiger partial charge in [-0.2, -0.15) is 0 Å². The molecule has 7 rings (SSSR count). The first kappa shape index (κ1) is 40.8. The van der Waals surface area contributed by atoms with Crippen molar-refractivity contribution in [3.8, 4) is 17.2 Å². The highest BCUT2D eigenvalue weighted by Crippen LogP contribution is 2.62. The number of aliphatic hydroxyl groups excluding tert-OH is 2. The molecule has 3 aromatic carbocycles. The molecule has 7 unspecified atom stereocenters. The number of hydrogen-bond donors (Lipinski definition) is 2. The molecule has 1 saturated heterocycles.